The molecule has 0 unspecified atom stereocenters. The van der Waals surface area contributed by atoms with E-state index < -0.39 is 10.9 Å². The molecule has 1 aromatic heterocycles. The number of nitro groups is 1. The van der Waals surface area contributed by atoms with E-state index in [2.05, 4.69) is 4.98 Å². The molecule has 1 aromatic carbocycles. The maximum absolute atomic E-state index is 11.1. The minimum Gasteiger partial charge on any atom is -0.490 e. The minimum absolute atomic E-state index is 0.0123. The first kappa shape index (κ1) is 14.3. The van der Waals surface area contributed by atoms with Gasteiger partial charge in [0.25, 0.3) is 0 Å². The van der Waals surface area contributed by atoms with Crippen molar-refractivity contribution in [1.29, 1.82) is 0 Å². The van der Waals surface area contributed by atoms with Gasteiger partial charge in [-0.15, -0.1) is 0 Å². The van der Waals surface area contributed by atoms with Crippen LogP contribution < -0.4 is 9.47 Å². The van der Waals surface area contributed by atoms with Crippen LogP contribution in [-0.2, 0) is 0 Å². The number of carboxylic acid groups (broad SMARTS) is 1. The van der Waals surface area contributed by atoms with Gasteiger partial charge in [0.15, 0.2) is 11.4 Å². The highest BCUT2D eigenvalue weighted by Gasteiger charge is 2.24. The third-order valence-electron chi connectivity index (χ3n) is 2.56. The lowest BCUT2D eigenvalue weighted by molar-refractivity contribution is -0.386. The third kappa shape index (κ3) is 2.89. The SMILES string of the molecule is COc1cccc(Oc2cccnc2C(=O)O)c1[N+](=O)[O-]. The molecule has 0 aliphatic carbocycles. The molecule has 1 heterocycles. The Morgan fingerprint density at radius 2 is 1.90 bits per heavy atom. The summed E-state index contributed by atoms with van der Waals surface area (Å²) in [6.45, 7) is 0. The largest absolute Gasteiger partial charge is 0.490 e. The number of rotatable bonds is 5. The molecule has 0 saturated heterocycles. The fourth-order valence-electron chi connectivity index (χ4n) is 1.68. The van der Waals surface area contributed by atoms with Crippen LogP contribution in [0.25, 0.3) is 0 Å². The Labute approximate surface area is 118 Å². The topological polar surface area (TPSA) is 112 Å². The fraction of sp³-hybridized carbons (Fsp3) is 0.0769. The summed E-state index contributed by atoms with van der Waals surface area (Å²) in [6, 6.07) is 7.08. The van der Waals surface area contributed by atoms with Gasteiger partial charge in [-0.2, -0.15) is 0 Å². The number of carbonyl (C=O) groups is 1. The number of methoxy groups -OCH3 is 1. The van der Waals surface area contributed by atoms with E-state index in [1.54, 1.807) is 0 Å². The molecule has 0 aliphatic heterocycles. The van der Waals surface area contributed by atoms with Gasteiger partial charge in [-0.1, -0.05) is 6.07 Å². The normalized spacial score (nSPS) is 9.95. The van der Waals surface area contributed by atoms with Crippen LogP contribution in [0.1, 0.15) is 10.5 Å². The minimum atomic E-state index is -1.30. The summed E-state index contributed by atoms with van der Waals surface area (Å²) >= 11 is 0. The van der Waals surface area contributed by atoms with E-state index in [0.717, 1.165) is 0 Å². The molecule has 0 saturated carbocycles. The summed E-state index contributed by atoms with van der Waals surface area (Å²) in [6.07, 6.45) is 1.29. The van der Waals surface area contributed by atoms with Crippen molar-refractivity contribution in [3.63, 3.8) is 0 Å². The standard InChI is InChI=1S/C13H10N2O6/c1-20-9-4-2-5-10(12(9)15(18)19)21-8-6-3-7-14-11(8)13(16)17/h2-7H,1H3,(H,16,17). The molecule has 0 amide bonds. The fourth-order valence-corrected chi connectivity index (χ4v) is 1.68. The predicted molar refractivity (Wildman–Crippen MR) is 70.9 cm³/mol. The van der Waals surface area contributed by atoms with Crippen LogP contribution in [0.2, 0.25) is 0 Å². The van der Waals surface area contributed by atoms with Crippen LogP contribution >= 0.6 is 0 Å². The van der Waals surface area contributed by atoms with Crippen molar-refractivity contribution < 1.29 is 24.3 Å². The first-order chi connectivity index (χ1) is 10.0. The molecular formula is C13H10N2O6. The molecule has 1 N–H and O–H groups in total. The quantitative estimate of drug-likeness (QED) is 0.664. The highest BCUT2D eigenvalue weighted by molar-refractivity contribution is 5.88. The van der Waals surface area contributed by atoms with Crippen molar-refractivity contribution in [3.8, 4) is 17.2 Å². The van der Waals surface area contributed by atoms with E-state index in [9.17, 15) is 14.9 Å². The number of nitrogens with zero attached hydrogens (tertiary/aromatic N) is 2. The van der Waals surface area contributed by atoms with Gasteiger partial charge in [0.05, 0.1) is 12.0 Å². The van der Waals surface area contributed by atoms with E-state index in [-0.39, 0.29) is 28.6 Å². The Balaban J connectivity index is 2.50. The smallest absolute Gasteiger partial charge is 0.358 e. The molecular weight excluding hydrogens is 280 g/mol. The van der Waals surface area contributed by atoms with Crippen LogP contribution in [0, 0.1) is 10.1 Å². The molecule has 2 rings (SSSR count). The van der Waals surface area contributed by atoms with Crippen LogP contribution in [-0.4, -0.2) is 28.1 Å². The van der Waals surface area contributed by atoms with Gasteiger partial charge in [0.2, 0.25) is 11.5 Å². The van der Waals surface area contributed by atoms with Gasteiger partial charge in [0, 0.05) is 6.20 Å². The second kappa shape index (κ2) is 5.87. The van der Waals surface area contributed by atoms with E-state index in [1.807, 2.05) is 0 Å². The summed E-state index contributed by atoms with van der Waals surface area (Å²) in [5.41, 5.74) is -0.727. The maximum Gasteiger partial charge on any atom is 0.358 e. The molecule has 2 aromatic rings. The summed E-state index contributed by atoms with van der Waals surface area (Å²) in [7, 11) is 1.29. The molecule has 8 nitrogen and oxygen atoms in total. The number of benzene rings is 1. The summed E-state index contributed by atoms with van der Waals surface area (Å²) < 4.78 is 10.2. The molecule has 0 radical (unpaired) electrons. The molecule has 8 heteroatoms. The van der Waals surface area contributed by atoms with Crippen molar-refractivity contribution >= 4 is 11.7 Å². The van der Waals surface area contributed by atoms with Crippen LogP contribution in [0.15, 0.2) is 36.5 Å². The molecule has 0 atom stereocenters. The first-order valence-corrected chi connectivity index (χ1v) is 5.72. The molecule has 21 heavy (non-hydrogen) atoms. The van der Waals surface area contributed by atoms with E-state index in [4.69, 9.17) is 14.6 Å². The average Bonchev–Trinajstić information content (AvgIpc) is 2.47. The maximum atomic E-state index is 11.1. The lowest BCUT2D eigenvalue weighted by Gasteiger charge is -2.09. The highest BCUT2D eigenvalue weighted by Crippen LogP contribution is 2.39. The average molecular weight is 290 g/mol. The molecule has 0 fully saturated rings. The van der Waals surface area contributed by atoms with Crippen LogP contribution in [0.5, 0.6) is 17.2 Å². The van der Waals surface area contributed by atoms with Crippen molar-refractivity contribution in [2.45, 2.75) is 0 Å². The summed E-state index contributed by atoms with van der Waals surface area (Å²) in [4.78, 5) is 25.2. The summed E-state index contributed by atoms with van der Waals surface area (Å²) in [5.74, 6) is -1.51. The van der Waals surface area contributed by atoms with E-state index in [0.29, 0.717) is 0 Å². The Hall–Kier alpha value is -3.16. The Morgan fingerprint density at radius 3 is 2.52 bits per heavy atom. The number of carboxylic acids is 1. The number of aromatic carboxylic acids is 1. The third-order valence-corrected chi connectivity index (χ3v) is 2.56. The second-order valence-electron chi connectivity index (χ2n) is 3.82. The summed E-state index contributed by atoms with van der Waals surface area (Å²) in [5, 5.41) is 20.1. The van der Waals surface area contributed by atoms with E-state index >= 15 is 0 Å². The molecule has 0 aliphatic rings. The number of nitro benzene ring substituents is 1. The zero-order valence-electron chi connectivity index (χ0n) is 10.8. The van der Waals surface area contributed by atoms with Crippen molar-refractivity contribution in [2.24, 2.45) is 0 Å². The van der Waals surface area contributed by atoms with Crippen molar-refractivity contribution in [3.05, 3.63) is 52.3 Å². The van der Waals surface area contributed by atoms with Gasteiger partial charge in [0.1, 0.15) is 0 Å². The number of hydrogen-bond acceptors (Lipinski definition) is 6. The Kier molecular flexibility index (Phi) is 3.98. The highest BCUT2D eigenvalue weighted by atomic mass is 16.6. The number of aromatic nitrogens is 1. The van der Waals surface area contributed by atoms with Gasteiger partial charge >= 0.3 is 11.7 Å². The zero-order chi connectivity index (χ0) is 15.4. The van der Waals surface area contributed by atoms with Crippen LogP contribution in [0.3, 0.4) is 0 Å². The second-order valence-corrected chi connectivity index (χ2v) is 3.82. The van der Waals surface area contributed by atoms with Crippen molar-refractivity contribution in [1.82, 2.24) is 4.98 Å². The zero-order valence-corrected chi connectivity index (χ0v) is 10.8. The van der Waals surface area contributed by atoms with Gasteiger partial charge in [-0.3, -0.25) is 10.1 Å². The lowest BCUT2D eigenvalue weighted by atomic mass is 10.2. The van der Waals surface area contributed by atoms with Gasteiger partial charge < -0.3 is 14.6 Å². The molecule has 108 valence electrons. The number of hydrogen-bond donors (Lipinski definition) is 1. The number of ether oxygens (including phenoxy) is 2. The molecule has 0 bridgehead atoms. The monoisotopic (exact) mass is 290 g/mol. The van der Waals surface area contributed by atoms with Gasteiger partial charge in [-0.25, -0.2) is 9.78 Å². The van der Waals surface area contributed by atoms with Crippen LogP contribution in [0.4, 0.5) is 5.69 Å². The predicted octanol–water partition coefficient (Wildman–Crippen LogP) is 2.49. The Morgan fingerprint density at radius 1 is 1.24 bits per heavy atom. The first-order valence-electron chi connectivity index (χ1n) is 5.72. The number of para-hydroxylation sites is 1. The lowest BCUT2D eigenvalue weighted by Crippen LogP contribution is -2.04. The Bertz CT molecular complexity index is 701. The number of pyridine rings is 1. The molecule has 0 spiro atoms. The van der Waals surface area contributed by atoms with Gasteiger partial charge in [-0.05, 0) is 24.3 Å². The van der Waals surface area contributed by atoms with E-state index in [1.165, 1.54) is 43.6 Å². The van der Waals surface area contributed by atoms with Crippen molar-refractivity contribution in [2.75, 3.05) is 7.11 Å².